The molecular formula is C20H14Cl2O2. The van der Waals surface area contributed by atoms with Crippen LogP contribution in [0.25, 0.3) is 0 Å². The zero-order chi connectivity index (χ0) is 17.1. The van der Waals surface area contributed by atoms with E-state index in [2.05, 4.69) is 0 Å². The molecule has 3 aromatic rings. The summed E-state index contributed by atoms with van der Waals surface area (Å²) in [4.78, 5) is 12.5. The summed E-state index contributed by atoms with van der Waals surface area (Å²) in [7, 11) is 0. The molecule has 0 N–H and O–H groups in total. The van der Waals surface area contributed by atoms with Crippen molar-refractivity contribution in [3.05, 3.63) is 93.5 Å². The number of hydrogen-bond acceptors (Lipinski definition) is 2. The van der Waals surface area contributed by atoms with Crippen molar-refractivity contribution >= 4 is 29.0 Å². The molecule has 120 valence electrons. The molecule has 0 unspecified atom stereocenters. The molecule has 24 heavy (non-hydrogen) atoms. The molecule has 0 saturated heterocycles. The number of carbonyl (C=O) groups excluding carboxylic acids is 1. The van der Waals surface area contributed by atoms with E-state index < -0.39 is 0 Å². The first-order valence-electron chi connectivity index (χ1n) is 7.37. The second-order valence-corrected chi connectivity index (χ2v) is 6.25. The third-order valence-corrected chi connectivity index (χ3v) is 4.00. The highest BCUT2D eigenvalue weighted by Crippen LogP contribution is 2.26. The third-order valence-electron chi connectivity index (χ3n) is 3.56. The van der Waals surface area contributed by atoms with Crippen molar-refractivity contribution in [3.63, 3.8) is 0 Å². The van der Waals surface area contributed by atoms with Crippen molar-refractivity contribution in [2.75, 3.05) is 0 Å². The summed E-state index contributed by atoms with van der Waals surface area (Å²) >= 11 is 11.9. The number of ether oxygens (including phenoxy) is 1. The highest BCUT2D eigenvalue weighted by atomic mass is 35.5. The van der Waals surface area contributed by atoms with Crippen molar-refractivity contribution in [2.45, 2.75) is 6.92 Å². The van der Waals surface area contributed by atoms with Crippen LogP contribution in [0.3, 0.4) is 0 Å². The van der Waals surface area contributed by atoms with E-state index in [9.17, 15) is 4.79 Å². The first-order valence-corrected chi connectivity index (χ1v) is 8.13. The second kappa shape index (κ2) is 7.08. The van der Waals surface area contributed by atoms with Crippen LogP contribution in [-0.2, 0) is 0 Å². The summed E-state index contributed by atoms with van der Waals surface area (Å²) in [6, 6.07) is 19.6. The topological polar surface area (TPSA) is 26.3 Å². The van der Waals surface area contributed by atoms with Gasteiger partial charge in [0.1, 0.15) is 11.5 Å². The number of benzene rings is 3. The molecule has 0 bridgehead atoms. The average molecular weight is 357 g/mol. The summed E-state index contributed by atoms with van der Waals surface area (Å²) in [5.74, 6) is 1.32. The average Bonchev–Trinajstić information content (AvgIpc) is 2.56. The Balaban J connectivity index is 1.81. The van der Waals surface area contributed by atoms with Crippen LogP contribution in [0.5, 0.6) is 11.5 Å². The van der Waals surface area contributed by atoms with Gasteiger partial charge >= 0.3 is 0 Å². The lowest BCUT2D eigenvalue weighted by Gasteiger charge is -2.09. The monoisotopic (exact) mass is 356 g/mol. The Labute approximate surface area is 150 Å². The van der Waals surface area contributed by atoms with Crippen LogP contribution in [0.15, 0.2) is 66.7 Å². The molecule has 0 aromatic heterocycles. The summed E-state index contributed by atoms with van der Waals surface area (Å²) in [6.45, 7) is 1.98. The maximum absolute atomic E-state index is 12.5. The maximum Gasteiger partial charge on any atom is 0.193 e. The van der Waals surface area contributed by atoms with E-state index in [0.717, 1.165) is 11.3 Å². The predicted molar refractivity (Wildman–Crippen MR) is 97.6 cm³/mol. The Morgan fingerprint density at radius 2 is 1.46 bits per heavy atom. The Kier molecular flexibility index (Phi) is 4.89. The number of hydrogen-bond donors (Lipinski definition) is 0. The molecule has 3 aromatic carbocycles. The van der Waals surface area contributed by atoms with E-state index in [0.29, 0.717) is 26.9 Å². The van der Waals surface area contributed by atoms with Gasteiger partial charge in [-0.3, -0.25) is 4.79 Å². The van der Waals surface area contributed by atoms with E-state index in [-0.39, 0.29) is 5.78 Å². The predicted octanol–water partition coefficient (Wildman–Crippen LogP) is 6.33. The number of halogens is 2. The van der Waals surface area contributed by atoms with E-state index in [1.54, 1.807) is 42.5 Å². The van der Waals surface area contributed by atoms with Gasteiger partial charge in [-0.1, -0.05) is 41.4 Å². The molecule has 0 aliphatic heterocycles. The van der Waals surface area contributed by atoms with E-state index >= 15 is 0 Å². The Hall–Kier alpha value is -2.29. The van der Waals surface area contributed by atoms with E-state index in [1.165, 1.54) is 0 Å². The van der Waals surface area contributed by atoms with Crippen molar-refractivity contribution in [3.8, 4) is 11.5 Å². The first kappa shape index (κ1) is 16.6. The lowest BCUT2D eigenvalue weighted by Crippen LogP contribution is -2.01. The fraction of sp³-hybridized carbons (Fsp3) is 0.0500. The normalized spacial score (nSPS) is 10.5. The van der Waals surface area contributed by atoms with Gasteiger partial charge < -0.3 is 4.74 Å². The lowest BCUT2D eigenvalue weighted by molar-refractivity contribution is 0.103. The molecule has 0 fully saturated rings. The van der Waals surface area contributed by atoms with Gasteiger partial charge in [-0.15, -0.1) is 0 Å². The third kappa shape index (κ3) is 3.78. The summed E-state index contributed by atoms with van der Waals surface area (Å²) in [6.07, 6.45) is 0. The molecule has 3 rings (SSSR count). The highest BCUT2D eigenvalue weighted by Gasteiger charge is 2.11. The fourth-order valence-corrected chi connectivity index (χ4v) is 2.85. The summed E-state index contributed by atoms with van der Waals surface area (Å²) < 4.78 is 5.83. The number of ketones is 1. The van der Waals surface area contributed by atoms with Gasteiger partial charge in [-0.25, -0.2) is 0 Å². The Bertz CT molecular complexity index is 866. The van der Waals surface area contributed by atoms with Crippen LogP contribution < -0.4 is 4.74 Å². The summed E-state index contributed by atoms with van der Waals surface area (Å²) in [5.41, 5.74) is 2.05. The molecule has 0 amide bonds. The van der Waals surface area contributed by atoms with Gasteiger partial charge in [0.2, 0.25) is 0 Å². The number of rotatable bonds is 4. The standard InChI is InChI=1S/C20H14Cl2O2/c1-13-4-2-3-5-19(13)24-18-8-6-14(7-9-18)20(23)15-10-16(21)12-17(22)11-15/h2-12H,1H3. The molecule has 0 aliphatic carbocycles. The highest BCUT2D eigenvalue weighted by molar-refractivity contribution is 6.35. The largest absolute Gasteiger partial charge is 0.457 e. The zero-order valence-corrected chi connectivity index (χ0v) is 14.4. The van der Waals surface area contributed by atoms with Crippen molar-refractivity contribution in [1.82, 2.24) is 0 Å². The smallest absolute Gasteiger partial charge is 0.193 e. The molecule has 0 radical (unpaired) electrons. The van der Waals surface area contributed by atoms with Crippen LogP contribution in [0.4, 0.5) is 0 Å². The van der Waals surface area contributed by atoms with Crippen molar-refractivity contribution < 1.29 is 9.53 Å². The SMILES string of the molecule is Cc1ccccc1Oc1ccc(C(=O)c2cc(Cl)cc(Cl)c2)cc1. The van der Waals surface area contributed by atoms with Gasteiger partial charge in [0, 0.05) is 21.2 Å². The Morgan fingerprint density at radius 1 is 0.833 bits per heavy atom. The first-order chi connectivity index (χ1) is 11.5. The molecule has 0 aliphatic rings. The molecule has 2 nitrogen and oxygen atoms in total. The number of aryl methyl sites for hydroxylation is 1. The van der Waals surface area contributed by atoms with Gasteiger partial charge in [-0.2, -0.15) is 0 Å². The van der Waals surface area contributed by atoms with Crippen molar-refractivity contribution in [2.24, 2.45) is 0 Å². The quantitative estimate of drug-likeness (QED) is 0.510. The number of carbonyl (C=O) groups is 1. The second-order valence-electron chi connectivity index (χ2n) is 5.38. The molecule has 0 saturated carbocycles. The zero-order valence-electron chi connectivity index (χ0n) is 12.9. The molecule has 0 atom stereocenters. The van der Waals surface area contributed by atoms with E-state index in [4.69, 9.17) is 27.9 Å². The van der Waals surface area contributed by atoms with Crippen LogP contribution in [0.1, 0.15) is 21.5 Å². The van der Waals surface area contributed by atoms with Crippen LogP contribution in [0, 0.1) is 6.92 Å². The minimum atomic E-state index is -0.137. The minimum Gasteiger partial charge on any atom is -0.457 e. The minimum absolute atomic E-state index is 0.137. The van der Waals surface area contributed by atoms with Gasteiger partial charge in [-0.05, 0) is 61.0 Å². The maximum atomic E-state index is 12.5. The van der Waals surface area contributed by atoms with Crippen LogP contribution in [0.2, 0.25) is 10.0 Å². The molecule has 0 heterocycles. The van der Waals surface area contributed by atoms with Crippen LogP contribution >= 0.6 is 23.2 Å². The fourth-order valence-electron chi connectivity index (χ4n) is 2.32. The Morgan fingerprint density at radius 3 is 2.08 bits per heavy atom. The lowest BCUT2D eigenvalue weighted by atomic mass is 10.0. The molecule has 4 heteroatoms. The number of para-hydroxylation sites is 1. The van der Waals surface area contributed by atoms with E-state index in [1.807, 2.05) is 31.2 Å². The molecule has 0 spiro atoms. The summed E-state index contributed by atoms with van der Waals surface area (Å²) in [5, 5.41) is 0.871. The van der Waals surface area contributed by atoms with Gasteiger partial charge in [0.25, 0.3) is 0 Å². The van der Waals surface area contributed by atoms with Crippen molar-refractivity contribution in [1.29, 1.82) is 0 Å². The van der Waals surface area contributed by atoms with Gasteiger partial charge in [0.05, 0.1) is 0 Å². The molecular weight excluding hydrogens is 343 g/mol. The van der Waals surface area contributed by atoms with Gasteiger partial charge in [0.15, 0.2) is 5.78 Å². The van der Waals surface area contributed by atoms with Crippen LogP contribution in [-0.4, -0.2) is 5.78 Å².